The molecule has 2 aromatic carbocycles. The molecule has 5 rings (SSSR count). The Morgan fingerprint density at radius 1 is 1.00 bits per heavy atom. The van der Waals surface area contributed by atoms with Gasteiger partial charge in [0.15, 0.2) is 0 Å². The Balaban J connectivity index is 1.44. The van der Waals surface area contributed by atoms with Crippen LogP contribution in [0.4, 0.5) is 0 Å². The van der Waals surface area contributed by atoms with Gasteiger partial charge in [0.05, 0.1) is 0 Å². The van der Waals surface area contributed by atoms with Crippen molar-refractivity contribution < 1.29 is 4.42 Å². The van der Waals surface area contributed by atoms with Gasteiger partial charge in [-0.2, -0.15) is 0 Å². The number of nitrogens with zero attached hydrogens (tertiary/aromatic N) is 2. The van der Waals surface area contributed by atoms with Crippen LogP contribution in [0.5, 0.6) is 0 Å². The topological polar surface area (TPSA) is 19.6 Å². The molecule has 0 N–H and O–H groups in total. The number of rotatable bonds is 3. The van der Waals surface area contributed by atoms with Gasteiger partial charge < -0.3 is 4.42 Å². The van der Waals surface area contributed by atoms with E-state index >= 15 is 0 Å². The van der Waals surface area contributed by atoms with Gasteiger partial charge in [0.1, 0.15) is 11.2 Å². The van der Waals surface area contributed by atoms with Gasteiger partial charge in [0.2, 0.25) is 0 Å². The monoisotopic (exact) mass is 320 g/mol. The summed E-state index contributed by atoms with van der Waals surface area (Å²) in [5.41, 5.74) is 3.37. The predicted molar refractivity (Wildman–Crippen MR) is 98.2 cm³/mol. The lowest BCUT2D eigenvalue weighted by Crippen LogP contribution is -2.51. The average molecular weight is 320 g/mol. The maximum Gasteiger partial charge on any atom is 0.139 e. The third-order valence-electron chi connectivity index (χ3n) is 5.72. The van der Waals surface area contributed by atoms with E-state index in [2.05, 4.69) is 53.1 Å². The number of benzene rings is 2. The number of piperazine rings is 1. The first-order valence-electron chi connectivity index (χ1n) is 9.17. The third kappa shape index (κ3) is 2.43. The first-order chi connectivity index (χ1) is 11.8. The van der Waals surface area contributed by atoms with Crippen LogP contribution in [0.2, 0.25) is 0 Å². The van der Waals surface area contributed by atoms with Crippen LogP contribution < -0.4 is 0 Å². The summed E-state index contributed by atoms with van der Waals surface area (Å²) in [4.78, 5) is 5.30. The van der Waals surface area contributed by atoms with Gasteiger partial charge >= 0.3 is 0 Å². The summed E-state index contributed by atoms with van der Waals surface area (Å²) in [5, 5.41) is 2.47. The standard InChI is InChI=1S/C21H24N2O/c1-15-13-23(17-9-10-17)12-11-22(15)14-16-5-4-7-19-18-6-2-3-8-20(18)24-21(16)19/h2-8,15,17H,9-14H2,1H3. The summed E-state index contributed by atoms with van der Waals surface area (Å²) in [5.74, 6) is 0. The summed E-state index contributed by atoms with van der Waals surface area (Å²) in [6, 6.07) is 16.4. The van der Waals surface area contributed by atoms with Crippen molar-refractivity contribution in [3.63, 3.8) is 0 Å². The molecule has 3 heteroatoms. The summed E-state index contributed by atoms with van der Waals surface area (Å²) >= 11 is 0. The Hall–Kier alpha value is -1.84. The zero-order valence-corrected chi connectivity index (χ0v) is 14.2. The number of hydrogen-bond acceptors (Lipinski definition) is 3. The lowest BCUT2D eigenvalue weighted by Gasteiger charge is -2.40. The van der Waals surface area contributed by atoms with Crippen molar-refractivity contribution in [3.05, 3.63) is 48.0 Å². The Morgan fingerprint density at radius 3 is 2.67 bits per heavy atom. The molecule has 124 valence electrons. The zero-order valence-electron chi connectivity index (χ0n) is 14.2. The van der Waals surface area contributed by atoms with Crippen LogP contribution in [-0.4, -0.2) is 41.5 Å². The summed E-state index contributed by atoms with van der Waals surface area (Å²) in [6.45, 7) is 6.93. The SMILES string of the molecule is CC1CN(C2CC2)CCN1Cc1cccc2c1oc1ccccc12. The fraction of sp³-hybridized carbons (Fsp3) is 0.429. The number of para-hydroxylation sites is 2. The smallest absolute Gasteiger partial charge is 0.139 e. The quantitative estimate of drug-likeness (QED) is 0.719. The highest BCUT2D eigenvalue weighted by molar-refractivity contribution is 6.05. The molecule has 0 spiro atoms. The second-order valence-corrected chi connectivity index (χ2v) is 7.44. The van der Waals surface area contributed by atoms with Crippen LogP contribution in [0.3, 0.4) is 0 Å². The van der Waals surface area contributed by atoms with Gasteiger partial charge in [0, 0.05) is 54.6 Å². The molecule has 0 amide bonds. The highest BCUT2D eigenvalue weighted by Gasteiger charge is 2.34. The molecule has 1 aliphatic carbocycles. The fourth-order valence-electron chi connectivity index (χ4n) is 4.18. The maximum absolute atomic E-state index is 6.19. The van der Waals surface area contributed by atoms with E-state index in [0.717, 1.165) is 30.3 Å². The Labute approximate surface area is 142 Å². The van der Waals surface area contributed by atoms with Crippen molar-refractivity contribution in [2.24, 2.45) is 0 Å². The normalized spacial score (nSPS) is 23.3. The van der Waals surface area contributed by atoms with Gasteiger partial charge in [-0.3, -0.25) is 9.80 Å². The summed E-state index contributed by atoms with van der Waals surface area (Å²) < 4.78 is 6.19. The summed E-state index contributed by atoms with van der Waals surface area (Å²) in [6.07, 6.45) is 2.82. The molecule has 3 aromatic rings. The Kier molecular flexibility index (Phi) is 3.39. The lowest BCUT2D eigenvalue weighted by atomic mass is 10.1. The highest BCUT2D eigenvalue weighted by atomic mass is 16.3. The molecule has 2 fully saturated rings. The van der Waals surface area contributed by atoms with E-state index in [9.17, 15) is 0 Å². The van der Waals surface area contributed by atoms with Gasteiger partial charge in [-0.15, -0.1) is 0 Å². The lowest BCUT2D eigenvalue weighted by molar-refractivity contribution is 0.0731. The molecule has 24 heavy (non-hydrogen) atoms. The molecule has 1 unspecified atom stereocenters. The van der Waals surface area contributed by atoms with Gasteiger partial charge in [-0.25, -0.2) is 0 Å². The fourth-order valence-corrected chi connectivity index (χ4v) is 4.18. The molecule has 2 heterocycles. The summed E-state index contributed by atoms with van der Waals surface area (Å²) in [7, 11) is 0. The van der Waals surface area contributed by atoms with Crippen LogP contribution in [0.25, 0.3) is 21.9 Å². The van der Waals surface area contributed by atoms with Crippen LogP contribution in [0.15, 0.2) is 46.9 Å². The van der Waals surface area contributed by atoms with Crippen molar-refractivity contribution in [2.75, 3.05) is 19.6 Å². The molecule has 0 radical (unpaired) electrons. The van der Waals surface area contributed by atoms with Gasteiger partial charge in [-0.05, 0) is 25.8 Å². The van der Waals surface area contributed by atoms with E-state index in [4.69, 9.17) is 4.42 Å². The third-order valence-corrected chi connectivity index (χ3v) is 5.72. The molecule has 1 aromatic heterocycles. The first kappa shape index (κ1) is 14.5. The van der Waals surface area contributed by atoms with Crippen LogP contribution in [0, 0.1) is 0 Å². The van der Waals surface area contributed by atoms with Crippen molar-refractivity contribution in [1.29, 1.82) is 0 Å². The van der Waals surface area contributed by atoms with Crippen molar-refractivity contribution in [1.82, 2.24) is 9.80 Å². The maximum atomic E-state index is 6.19. The molecule has 1 saturated carbocycles. The second kappa shape index (κ2) is 5.61. The van der Waals surface area contributed by atoms with E-state index in [0.29, 0.717) is 6.04 Å². The second-order valence-electron chi connectivity index (χ2n) is 7.44. The number of hydrogen-bond donors (Lipinski definition) is 0. The Morgan fingerprint density at radius 2 is 1.83 bits per heavy atom. The minimum absolute atomic E-state index is 0.610. The average Bonchev–Trinajstić information content (AvgIpc) is 3.38. The Bertz CT molecular complexity index is 880. The highest BCUT2D eigenvalue weighted by Crippen LogP contribution is 2.33. The van der Waals surface area contributed by atoms with Crippen molar-refractivity contribution in [2.45, 2.75) is 38.4 Å². The molecule has 1 saturated heterocycles. The van der Waals surface area contributed by atoms with E-state index < -0.39 is 0 Å². The minimum Gasteiger partial charge on any atom is -0.456 e. The molecule has 3 nitrogen and oxygen atoms in total. The molecule has 2 aliphatic rings. The van der Waals surface area contributed by atoms with Crippen LogP contribution in [-0.2, 0) is 6.54 Å². The van der Waals surface area contributed by atoms with E-state index in [1.54, 1.807) is 0 Å². The van der Waals surface area contributed by atoms with Crippen molar-refractivity contribution >= 4 is 21.9 Å². The molecular formula is C21H24N2O. The number of furan rings is 1. The van der Waals surface area contributed by atoms with E-state index in [-0.39, 0.29) is 0 Å². The predicted octanol–water partition coefficient (Wildman–Crippen LogP) is 4.25. The minimum atomic E-state index is 0.610. The number of fused-ring (bicyclic) bond motifs is 3. The van der Waals surface area contributed by atoms with Crippen LogP contribution in [0.1, 0.15) is 25.3 Å². The van der Waals surface area contributed by atoms with E-state index in [1.807, 2.05) is 6.07 Å². The molecule has 0 bridgehead atoms. The van der Waals surface area contributed by atoms with Crippen molar-refractivity contribution in [3.8, 4) is 0 Å². The largest absolute Gasteiger partial charge is 0.456 e. The van der Waals surface area contributed by atoms with E-state index in [1.165, 1.54) is 42.3 Å². The molecule has 1 atom stereocenters. The zero-order chi connectivity index (χ0) is 16.1. The molecular weight excluding hydrogens is 296 g/mol. The molecule has 1 aliphatic heterocycles. The van der Waals surface area contributed by atoms with Gasteiger partial charge in [-0.1, -0.05) is 36.4 Å². The first-order valence-corrected chi connectivity index (χ1v) is 9.17. The van der Waals surface area contributed by atoms with Crippen LogP contribution >= 0.6 is 0 Å². The van der Waals surface area contributed by atoms with Gasteiger partial charge in [0.25, 0.3) is 0 Å².